The predicted octanol–water partition coefficient (Wildman–Crippen LogP) is 1.71. The van der Waals surface area contributed by atoms with E-state index in [0.717, 1.165) is 5.71 Å². The van der Waals surface area contributed by atoms with E-state index in [0.29, 0.717) is 0 Å². The largest absolute Gasteiger partial charge is 0.412 e. The van der Waals surface area contributed by atoms with Crippen LogP contribution in [-0.4, -0.2) is 31.1 Å². The van der Waals surface area contributed by atoms with E-state index in [2.05, 4.69) is 10.7 Å². The Morgan fingerprint density at radius 2 is 1.07 bits per heavy atom. The Hall–Kier alpha value is -0.740. The standard InChI is InChI=1S/C4H9N.C3H6O.CH5N.2CH4.H2O/c1-4(2)5-3;1-3(2)4;1-2;;;/h1-3H3;1-2H3;2H2,1H3;2*1H4;1H2. The third-order valence-corrected chi connectivity index (χ3v) is 0.447. The van der Waals surface area contributed by atoms with Gasteiger partial charge in [-0.25, -0.2) is 0 Å². The molecule has 14 heavy (non-hydrogen) atoms. The fourth-order valence-corrected chi connectivity index (χ4v) is 0. The number of nitrogens with two attached hydrogens (primary N) is 1. The van der Waals surface area contributed by atoms with Gasteiger partial charge in [-0.1, -0.05) is 14.9 Å². The molecule has 0 heterocycles. The number of carbonyl (C=O) groups excluding carboxylic acids is 1. The van der Waals surface area contributed by atoms with Crippen molar-refractivity contribution in [2.24, 2.45) is 10.7 Å². The van der Waals surface area contributed by atoms with Gasteiger partial charge in [-0.15, -0.1) is 0 Å². The summed E-state index contributed by atoms with van der Waals surface area (Å²) in [4.78, 5) is 13.2. The number of nitrogens with zero attached hydrogens (tertiary/aromatic N) is 1. The van der Waals surface area contributed by atoms with Gasteiger partial charge in [0.2, 0.25) is 0 Å². The van der Waals surface area contributed by atoms with Crippen LogP contribution < -0.4 is 5.73 Å². The molecule has 0 aliphatic carbocycles. The number of aliphatic imine (C=N–C) groups is 1. The number of Topliss-reactive ketones (excluding diaryl/α,β-unsaturated/α-hetero) is 1. The Balaban J connectivity index is -0.0000000166. The highest BCUT2D eigenvalue weighted by Crippen LogP contribution is 1.63. The molecule has 92 valence electrons. The molecule has 0 aromatic carbocycles. The maximum atomic E-state index is 9.44. The Morgan fingerprint density at radius 3 is 1.07 bits per heavy atom. The quantitative estimate of drug-likeness (QED) is 0.617. The van der Waals surface area contributed by atoms with E-state index in [9.17, 15) is 4.79 Å². The van der Waals surface area contributed by atoms with Gasteiger partial charge in [-0.3, -0.25) is 4.99 Å². The van der Waals surface area contributed by atoms with Gasteiger partial charge in [-0.2, -0.15) is 0 Å². The highest BCUT2D eigenvalue weighted by atomic mass is 16.1. The summed E-state index contributed by atoms with van der Waals surface area (Å²) in [6, 6.07) is 0. The van der Waals surface area contributed by atoms with Crippen LogP contribution in [-0.2, 0) is 4.79 Å². The molecule has 0 bridgehead atoms. The second kappa shape index (κ2) is 39.7. The molecule has 0 rings (SSSR count). The highest BCUT2D eigenvalue weighted by molar-refractivity contribution is 5.78. The molecule has 0 aliphatic heterocycles. The maximum absolute atomic E-state index is 9.44. The van der Waals surface area contributed by atoms with E-state index in [4.69, 9.17) is 0 Å². The van der Waals surface area contributed by atoms with Crippen molar-refractivity contribution in [2.75, 3.05) is 14.1 Å². The second-order valence-corrected chi connectivity index (χ2v) is 2.08. The van der Waals surface area contributed by atoms with Gasteiger partial charge in [0.05, 0.1) is 0 Å². The molecule has 0 fully saturated rings. The van der Waals surface area contributed by atoms with Crippen LogP contribution in [0.1, 0.15) is 42.5 Å². The molecule has 0 saturated carbocycles. The van der Waals surface area contributed by atoms with Gasteiger partial charge in [0.1, 0.15) is 5.78 Å². The van der Waals surface area contributed by atoms with E-state index < -0.39 is 0 Å². The zero-order chi connectivity index (χ0) is 9.86. The Bertz CT molecular complexity index is 105. The summed E-state index contributed by atoms with van der Waals surface area (Å²) in [5.41, 5.74) is 5.63. The van der Waals surface area contributed by atoms with Crippen LogP contribution in [0.5, 0.6) is 0 Å². The Kier molecular flexibility index (Phi) is 107. The lowest BCUT2D eigenvalue weighted by Gasteiger charge is -1.74. The van der Waals surface area contributed by atoms with Crippen molar-refractivity contribution < 1.29 is 10.3 Å². The Labute approximate surface area is 89.9 Å². The summed E-state index contributed by atoms with van der Waals surface area (Å²) in [7, 11) is 3.29. The van der Waals surface area contributed by atoms with Crippen LogP contribution in [0.2, 0.25) is 0 Å². The molecule has 0 radical (unpaired) electrons. The minimum atomic E-state index is 0. The number of carbonyl (C=O) groups is 1. The van der Waals surface area contributed by atoms with Gasteiger partial charge in [-0.05, 0) is 34.7 Å². The van der Waals surface area contributed by atoms with Crippen LogP contribution in [0.3, 0.4) is 0 Å². The monoisotopic (exact) mass is 210 g/mol. The van der Waals surface area contributed by atoms with Crippen molar-refractivity contribution in [3.8, 4) is 0 Å². The van der Waals surface area contributed by atoms with Crippen LogP contribution in [0.15, 0.2) is 4.99 Å². The lowest BCUT2D eigenvalue weighted by atomic mass is 10.5. The van der Waals surface area contributed by atoms with E-state index in [1.54, 1.807) is 7.05 Å². The van der Waals surface area contributed by atoms with Crippen LogP contribution in [0.25, 0.3) is 0 Å². The first kappa shape index (κ1) is 37.8. The van der Waals surface area contributed by atoms with Crippen LogP contribution >= 0.6 is 0 Å². The van der Waals surface area contributed by atoms with Crippen molar-refractivity contribution in [3.05, 3.63) is 0 Å². The van der Waals surface area contributed by atoms with E-state index >= 15 is 0 Å². The molecule has 0 amide bonds. The third kappa shape index (κ3) is 747. The number of ketones is 1. The van der Waals surface area contributed by atoms with Gasteiger partial charge in [0, 0.05) is 12.8 Å². The molecule has 0 aliphatic rings. The zero-order valence-electron chi connectivity index (χ0n) is 8.93. The molecular weight excluding hydrogens is 180 g/mol. The number of rotatable bonds is 0. The summed E-state index contributed by atoms with van der Waals surface area (Å²) in [6.07, 6.45) is 0. The fraction of sp³-hybridized carbons (Fsp3) is 0.800. The molecule has 0 unspecified atom stereocenters. The fourth-order valence-electron chi connectivity index (χ4n) is 0. The molecule has 0 aromatic rings. The SMILES string of the molecule is C.C.CC(C)=O.CN.CN=C(C)C.O. The number of hydrogen-bond acceptors (Lipinski definition) is 3. The van der Waals surface area contributed by atoms with E-state index in [1.165, 1.54) is 20.9 Å². The summed E-state index contributed by atoms with van der Waals surface area (Å²) < 4.78 is 0. The molecule has 4 nitrogen and oxygen atoms in total. The molecule has 4 N–H and O–H groups in total. The molecule has 0 atom stereocenters. The third-order valence-electron chi connectivity index (χ3n) is 0.447. The first-order valence-corrected chi connectivity index (χ1v) is 3.45. The highest BCUT2D eigenvalue weighted by Gasteiger charge is 1.62. The van der Waals surface area contributed by atoms with Crippen molar-refractivity contribution in [1.29, 1.82) is 0 Å². The molecule has 4 heteroatoms. The zero-order valence-corrected chi connectivity index (χ0v) is 8.93. The van der Waals surface area contributed by atoms with Gasteiger partial charge in [0.25, 0.3) is 0 Å². The van der Waals surface area contributed by atoms with Gasteiger partial charge < -0.3 is 16.0 Å². The summed E-state index contributed by atoms with van der Waals surface area (Å²) in [6.45, 7) is 7.00. The van der Waals surface area contributed by atoms with Crippen molar-refractivity contribution in [2.45, 2.75) is 42.5 Å². The second-order valence-electron chi connectivity index (χ2n) is 2.08. The molecule has 0 aromatic heterocycles. The normalized spacial score (nSPS) is 4.79. The number of hydrogen-bond donors (Lipinski definition) is 1. The topological polar surface area (TPSA) is 87.0 Å². The lowest BCUT2D eigenvalue weighted by molar-refractivity contribution is -0.114. The predicted molar refractivity (Wildman–Crippen MR) is 68.2 cm³/mol. The maximum Gasteiger partial charge on any atom is 0.126 e. The molecule has 0 spiro atoms. The Morgan fingerprint density at radius 1 is 1.00 bits per heavy atom. The van der Waals surface area contributed by atoms with Crippen LogP contribution in [0.4, 0.5) is 0 Å². The van der Waals surface area contributed by atoms with Crippen molar-refractivity contribution in [1.82, 2.24) is 0 Å². The van der Waals surface area contributed by atoms with Crippen molar-refractivity contribution in [3.63, 3.8) is 0 Å². The summed E-state index contributed by atoms with van der Waals surface area (Å²) in [5.74, 6) is 0.167. The summed E-state index contributed by atoms with van der Waals surface area (Å²) >= 11 is 0. The molecular formula is C10H30N2O2. The molecule has 0 saturated heterocycles. The minimum absolute atomic E-state index is 0. The first-order valence-electron chi connectivity index (χ1n) is 3.45. The minimum Gasteiger partial charge on any atom is -0.412 e. The average molecular weight is 210 g/mol. The van der Waals surface area contributed by atoms with Gasteiger partial charge >= 0.3 is 0 Å². The summed E-state index contributed by atoms with van der Waals surface area (Å²) in [5, 5.41) is 0. The lowest BCUT2D eigenvalue weighted by Crippen LogP contribution is -1.74. The van der Waals surface area contributed by atoms with Crippen LogP contribution in [0, 0.1) is 0 Å². The smallest absolute Gasteiger partial charge is 0.126 e. The first-order chi connectivity index (χ1) is 5.00. The van der Waals surface area contributed by atoms with Gasteiger partial charge in [0.15, 0.2) is 0 Å². The van der Waals surface area contributed by atoms with Crippen molar-refractivity contribution >= 4 is 11.5 Å². The van der Waals surface area contributed by atoms with E-state index in [-0.39, 0.29) is 26.1 Å². The van der Waals surface area contributed by atoms with E-state index in [1.807, 2.05) is 13.8 Å². The average Bonchev–Trinajstić information content (AvgIpc) is 1.91.